The maximum Gasteiger partial charge on any atom is 0.573 e. The van der Waals surface area contributed by atoms with Gasteiger partial charge in [-0.1, -0.05) is 30.3 Å². The predicted molar refractivity (Wildman–Crippen MR) is 106 cm³/mol. The van der Waals surface area contributed by atoms with Crippen LogP contribution in [0.4, 0.5) is 18.9 Å². The highest BCUT2D eigenvalue weighted by Gasteiger charge is 2.32. The Kier molecular flexibility index (Phi) is 6.69. The number of alkyl halides is 3. The van der Waals surface area contributed by atoms with Crippen LogP contribution in [-0.2, 0) is 11.4 Å². The fourth-order valence-corrected chi connectivity index (χ4v) is 2.46. The minimum Gasteiger partial charge on any atom is -0.489 e. The average molecular weight is 414 g/mol. The zero-order valence-corrected chi connectivity index (χ0v) is 15.6. The molecule has 0 unspecified atom stereocenters. The van der Waals surface area contributed by atoms with Gasteiger partial charge < -0.3 is 14.8 Å². The number of para-hydroxylation sites is 2. The van der Waals surface area contributed by atoms with E-state index in [1.807, 2.05) is 12.1 Å². The topological polar surface area (TPSA) is 60.5 Å². The Balaban J connectivity index is 1.56. The number of anilines is 1. The molecule has 3 rings (SSSR count). The number of carbonyl (C=O) groups is 1. The Morgan fingerprint density at radius 3 is 2.50 bits per heavy atom. The van der Waals surface area contributed by atoms with Crippen molar-refractivity contribution in [2.24, 2.45) is 0 Å². The normalized spacial score (nSPS) is 11.3. The van der Waals surface area contributed by atoms with Crippen LogP contribution in [0.25, 0.3) is 6.08 Å². The molecule has 1 heterocycles. The number of carbonyl (C=O) groups excluding carboxylic acids is 1. The summed E-state index contributed by atoms with van der Waals surface area (Å²) in [4.78, 5) is 16.1. The second-order valence-electron chi connectivity index (χ2n) is 6.09. The number of ether oxygens (including phenoxy) is 2. The van der Waals surface area contributed by atoms with Crippen molar-refractivity contribution in [1.82, 2.24) is 4.98 Å². The number of nitrogens with zero attached hydrogens (tertiary/aromatic N) is 1. The molecule has 0 aliphatic carbocycles. The summed E-state index contributed by atoms with van der Waals surface area (Å²) in [6, 6.07) is 16.1. The largest absolute Gasteiger partial charge is 0.573 e. The molecule has 1 N–H and O–H groups in total. The summed E-state index contributed by atoms with van der Waals surface area (Å²) in [6.07, 6.45) is 1.30. The van der Waals surface area contributed by atoms with Gasteiger partial charge in [0.2, 0.25) is 5.91 Å². The van der Waals surface area contributed by atoms with Crippen LogP contribution in [0.1, 0.15) is 11.1 Å². The van der Waals surface area contributed by atoms with Crippen molar-refractivity contribution in [1.29, 1.82) is 0 Å². The van der Waals surface area contributed by atoms with Gasteiger partial charge in [0.25, 0.3) is 0 Å². The van der Waals surface area contributed by atoms with Gasteiger partial charge in [-0.3, -0.25) is 9.78 Å². The van der Waals surface area contributed by atoms with Crippen LogP contribution in [0.2, 0.25) is 0 Å². The molecule has 154 valence electrons. The first kappa shape index (κ1) is 20.9. The van der Waals surface area contributed by atoms with E-state index < -0.39 is 18.0 Å². The number of hydrogen-bond acceptors (Lipinski definition) is 4. The van der Waals surface area contributed by atoms with Gasteiger partial charge in [-0.15, -0.1) is 13.2 Å². The Labute approximate surface area is 170 Å². The summed E-state index contributed by atoms with van der Waals surface area (Å²) in [5.74, 6) is -0.425. The number of hydrogen-bond donors (Lipinski definition) is 1. The Bertz CT molecular complexity index is 1000. The second-order valence-corrected chi connectivity index (χ2v) is 6.09. The van der Waals surface area contributed by atoms with Crippen molar-refractivity contribution >= 4 is 17.7 Å². The van der Waals surface area contributed by atoms with E-state index in [1.165, 1.54) is 30.4 Å². The lowest BCUT2D eigenvalue weighted by atomic mass is 10.2. The lowest BCUT2D eigenvalue weighted by Crippen LogP contribution is -2.19. The van der Waals surface area contributed by atoms with Crippen molar-refractivity contribution < 1.29 is 27.4 Å². The Morgan fingerprint density at radius 1 is 1.03 bits per heavy atom. The molecule has 8 heteroatoms. The van der Waals surface area contributed by atoms with E-state index in [1.54, 1.807) is 36.7 Å². The summed E-state index contributed by atoms with van der Waals surface area (Å²) in [7, 11) is 0. The molecule has 3 aromatic rings. The van der Waals surface area contributed by atoms with Gasteiger partial charge in [-0.25, -0.2) is 0 Å². The van der Waals surface area contributed by atoms with Crippen molar-refractivity contribution in [3.63, 3.8) is 0 Å². The third-order valence-corrected chi connectivity index (χ3v) is 3.81. The van der Waals surface area contributed by atoms with Crippen LogP contribution in [0, 0.1) is 0 Å². The molecule has 2 aromatic carbocycles. The third kappa shape index (κ3) is 6.66. The first-order valence-electron chi connectivity index (χ1n) is 8.85. The zero-order chi connectivity index (χ0) is 21.4. The van der Waals surface area contributed by atoms with Crippen LogP contribution in [0.3, 0.4) is 0 Å². The molecule has 0 radical (unpaired) electrons. The maximum atomic E-state index is 12.4. The van der Waals surface area contributed by atoms with Crippen LogP contribution < -0.4 is 14.8 Å². The minimum absolute atomic E-state index is 0.0800. The van der Waals surface area contributed by atoms with Crippen molar-refractivity contribution in [3.8, 4) is 11.5 Å². The summed E-state index contributed by atoms with van der Waals surface area (Å²) < 4.78 is 46.9. The number of halogens is 3. The van der Waals surface area contributed by atoms with Crippen LogP contribution in [0.5, 0.6) is 11.5 Å². The number of benzene rings is 2. The van der Waals surface area contributed by atoms with Crippen molar-refractivity contribution in [3.05, 3.63) is 90.3 Å². The highest BCUT2D eigenvalue weighted by atomic mass is 19.4. The van der Waals surface area contributed by atoms with Gasteiger partial charge in [0.15, 0.2) is 5.75 Å². The first-order valence-corrected chi connectivity index (χ1v) is 8.85. The van der Waals surface area contributed by atoms with Crippen LogP contribution >= 0.6 is 0 Å². The molecule has 0 aliphatic rings. The van der Waals surface area contributed by atoms with E-state index in [4.69, 9.17) is 4.74 Å². The van der Waals surface area contributed by atoms with E-state index >= 15 is 0 Å². The van der Waals surface area contributed by atoms with E-state index in [9.17, 15) is 18.0 Å². The number of nitrogens with one attached hydrogen (secondary N) is 1. The molecular formula is C22H17F3N2O3. The minimum atomic E-state index is -4.85. The highest BCUT2D eigenvalue weighted by Crippen LogP contribution is 2.29. The number of pyridine rings is 1. The molecule has 0 bridgehead atoms. The van der Waals surface area contributed by atoms with Gasteiger partial charge in [0, 0.05) is 24.0 Å². The Hall–Kier alpha value is -3.81. The van der Waals surface area contributed by atoms with E-state index in [0.29, 0.717) is 12.4 Å². The molecule has 30 heavy (non-hydrogen) atoms. The maximum absolute atomic E-state index is 12.4. The predicted octanol–water partition coefficient (Wildman–Crippen LogP) is 5.21. The first-order chi connectivity index (χ1) is 14.4. The fourth-order valence-electron chi connectivity index (χ4n) is 2.46. The molecule has 0 saturated carbocycles. The Morgan fingerprint density at radius 2 is 1.80 bits per heavy atom. The highest BCUT2D eigenvalue weighted by molar-refractivity contribution is 6.02. The van der Waals surface area contributed by atoms with E-state index in [-0.39, 0.29) is 5.69 Å². The molecule has 0 atom stereocenters. The molecule has 1 aromatic heterocycles. The molecule has 0 aliphatic heterocycles. The molecule has 0 saturated heterocycles. The van der Waals surface area contributed by atoms with E-state index in [2.05, 4.69) is 15.0 Å². The molecule has 0 fully saturated rings. The summed E-state index contributed by atoms with van der Waals surface area (Å²) in [5.41, 5.74) is 1.58. The van der Waals surface area contributed by atoms with Crippen LogP contribution in [0.15, 0.2) is 79.1 Å². The monoisotopic (exact) mass is 414 g/mol. The average Bonchev–Trinajstić information content (AvgIpc) is 2.73. The van der Waals surface area contributed by atoms with Gasteiger partial charge in [-0.2, -0.15) is 0 Å². The van der Waals surface area contributed by atoms with Gasteiger partial charge in [0.05, 0.1) is 5.69 Å². The third-order valence-electron chi connectivity index (χ3n) is 3.81. The molecule has 0 spiro atoms. The number of aromatic nitrogens is 1. The quantitative estimate of drug-likeness (QED) is 0.539. The summed E-state index contributed by atoms with van der Waals surface area (Å²) in [5, 5.41) is 2.37. The zero-order valence-electron chi connectivity index (χ0n) is 15.6. The number of rotatable bonds is 7. The smallest absolute Gasteiger partial charge is 0.489 e. The number of amides is 1. The lowest BCUT2D eigenvalue weighted by molar-refractivity contribution is -0.274. The van der Waals surface area contributed by atoms with Gasteiger partial charge in [0.1, 0.15) is 12.4 Å². The van der Waals surface area contributed by atoms with Crippen molar-refractivity contribution in [2.45, 2.75) is 13.0 Å². The second kappa shape index (κ2) is 9.60. The fraction of sp³-hybridized carbons (Fsp3) is 0.0909. The SMILES string of the molecule is O=C(/C=C/c1ccc(OCc2cccnc2)cc1)Nc1ccccc1OC(F)(F)F. The molecule has 1 amide bonds. The van der Waals surface area contributed by atoms with Crippen molar-refractivity contribution in [2.75, 3.05) is 5.32 Å². The van der Waals surface area contributed by atoms with Gasteiger partial charge >= 0.3 is 6.36 Å². The standard InChI is InChI=1S/C22H17F3N2O3/c23-22(24,25)30-20-6-2-1-5-19(20)27-21(28)12-9-16-7-10-18(11-8-16)29-15-17-4-3-13-26-14-17/h1-14H,15H2,(H,27,28)/b12-9+. The van der Waals surface area contributed by atoms with Gasteiger partial charge in [-0.05, 0) is 42.0 Å². The van der Waals surface area contributed by atoms with E-state index in [0.717, 1.165) is 17.2 Å². The van der Waals surface area contributed by atoms with Crippen LogP contribution in [-0.4, -0.2) is 17.3 Å². The lowest BCUT2D eigenvalue weighted by Gasteiger charge is -2.13. The molecule has 5 nitrogen and oxygen atoms in total. The molecular weight excluding hydrogens is 397 g/mol. The summed E-state index contributed by atoms with van der Waals surface area (Å²) >= 11 is 0. The summed E-state index contributed by atoms with van der Waals surface area (Å²) in [6.45, 7) is 0.380.